The largest absolute Gasteiger partial charge is 0.465 e. The van der Waals surface area contributed by atoms with E-state index >= 15 is 0 Å². The number of hydrogen-bond acceptors (Lipinski definition) is 7. The van der Waals surface area contributed by atoms with Gasteiger partial charge < -0.3 is 4.74 Å². The van der Waals surface area contributed by atoms with E-state index in [4.69, 9.17) is 16.3 Å². The quantitative estimate of drug-likeness (QED) is 0.311. The van der Waals surface area contributed by atoms with Crippen LogP contribution in [0.2, 0.25) is 5.02 Å². The van der Waals surface area contributed by atoms with E-state index in [1.54, 1.807) is 25.1 Å². The molecule has 0 spiro atoms. The normalized spacial score (nSPS) is 11.3. The number of rotatable bonds is 5. The summed E-state index contributed by atoms with van der Waals surface area (Å²) in [6.45, 7) is 6.03. The number of aryl methyl sites for hydroxylation is 2. The molecule has 3 heterocycles. The predicted octanol–water partition coefficient (Wildman–Crippen LogP) is 4.92. The lowest BCUT2D eigenvalue weighted by Gasteiger charge is -2.09. The van der Waals surface area contributed by atoms with Crippen molar-refractivity contribution in [3.8, 4) is 5.69 Å². The van der Waals surface area contributed by atoms with Gasteiger partial charge in [-0.1, -0.05) is 11.6 Å². The number of hydrogen-bond donors (Lipinski definition) is 0. The molecule has 4 rings (SSSR count). The molecule has 0 unspecified atom stereocenters. The molecule has 0 N–H and O–H groups in total. The van der Waals surface area contributed by atoms with E-state index in [0.29, 0.717) is 32.4 Å². The van der Waals surface area contributed by atoms with Crippen molar-refractivity contribution < 1.29 is 9.53 Å². The Hall–Kier alpha value is -2.42. The first-order valence-electron chi connectivity index (χ1n) is 9.25. The molecular formula is C21H18ClN3O3S2. The Labute approximate surface area is 185 Å². The average Bonchev–Trinajstić information content (AvgIpc) is 3.07. The van der Waals surface area contributed by atoms with Gasteiger partial charge in [0, 0.05) is 16.0 Å². The second-order valence-electron chi connectivity index (χ2n) is 6.67. The molecule has 0 aliphatic carbocycles. The molecule has 154 valence electrons. The third-order valence-electron chi connectivity index (χ3n) is 4.52. The number of benzene rings is 1. The molecule has 0 saturated carbocycles. The predicted molar refractivity (Wildman–Crippen MR) is 122 cm³/mol. The summed E-state index contributed by atoms with van der Waals surface area (Å²) in [5.74, 6) is -0.170. The monoisotopic (exact) mass is 459 g/mol. The second-order valence-corrected chi connectivity index (χ2v) is 9.09. The van der Waals surface area contributed by atoms with Crippen LogP contribution in [0, 0.1) is 13.8 Å². The average molecular weight is 460 g/mol. The van der Waals surface area contributed by atoms with Crippen LogP contribution in [0.15, 0.2) is 40.3 Å². The van der Waals surface area contributed by atoms with Crippen LogP contribution in [-0.2, 0) is 9.53 Å². The number of aromatic nitrogens is 3. The van der Waals surface area contributed by atoms with Gasteiger partial charge in [0.05, 0.1) is 28.6 Å². The maximum Gasteiger partial charge on any atom is 0.316 e. The van der Waals surface area contributed by atoms with Crippen molar-refractivity contribution in [3.05, 3.63) is 57.2 Å². The number of thiophene rings is 1. The third-order valence-corrected chi connectivity index (χ3v) is 7.05. The van der Waals surface area contributed by atoms with Gasteiger partial charge in [-0.25, -0.2) is 9.97 Å². The Morgan fingerprint density at radius 3 is 2.87 bits per heavy atom. The summed E-state index contributed by atoms with van der Waals surface area (Å²) in [5, 5.41) is 1.43. The minimum absolute atomic E-state index is 0.143. The summed E-state index contributed by atoms with van der Waals surface area (Å²) in [6.07, 6.45) is 1.53. The summed E-state index contributed by atoms with van der Waals surface area (Å²) in [7, 11) is 0. The number of carbonyl (C=O) groups excluding carboxylic acids is 1. The molecule has 0 bridgehead atoms. The Balaban J connectivity index is 1.78. The Morgan fingerprint density at radius 2 is 2.10 bits per heavy atom. The molecule has 1 aromatic carbocycles. The van der Waals surface area contributed by atoms with Gasteiger partial charge >= 0.3 is 5.97 Å². The topological polar surface area (TPSA) is 74.1 Å². The van der Waals surface area contributed by atoms with Gasteiger partial charge in [0.2, 0.25) is 0 Å². The number of ether oxygens (including phenoxy) is 1. The van der Waals surface area contributed by atoms with E-state index in [1.165, 1.54) is 34.0 Å². The van der Waals surface area contributed by atoms with Crippen molar-refractivity contribution in [3.63, 3.8) is 0 Å². The molecule has 0 saturated heterocycles. The van der Waals surface area contributed by atoms with Crippen LogP contribution in [0.25, 0.3) is 26.1 Å². The van der Waals surface area contributed by atoms with Gasteiger partial charge in [0.25, 0.3) is 5.56 Å². The SMILES string of the molecule is CCOC(=O)CSc1cc(-n2cnc3c(sc4nc(C)cc(C)c43)c2=O)ccc1Cl. The van der Waals surface area contributed by atoms with Gasteiger partial charge in [0.15, 0.2) is 0 Å². The maximum absolute atomic E-state index is 13.2. The van der Waals surface area contributed by atoms with Crippen molar-refractivity contribution in [1.82, 2.24) is 14.5 Å². The highest BCUT2D eigenvalue weighted by Gasteiger charge is 2.16. The Bertz CT molecular complexity index is 1350. The molecule has 0 fully saturated rings. The first kappa shape index (κ1) is 20.8. The van der Waals surface area contributed by atoms with Crippen LogP contribution in [-0.4, -0.2) is 32.9 Å². The van der Waals surface area contributed by atoms with E-state index in [2.05, 4.69) is 9.97 Å². The van der Waals surface area contributed by atoms with Crippen LogP contribution in [0.4, 0.5) is 0 Å². The molecule has 9 heteroatoms. The van der Waals surface area contributed by atoms with Crippen molar-refractivity contribution >= 4 is 61.1 Å². The van der Waals surface area contributed by atoms with Gasteiger partial charge in [0.1, 0.15) is 15.9 Å². The number of thioether (sulfide) groups is 1. The molecular weight excluding hydrogens is 442 g/mol. The first-order chi connectivity index (χ1) is 14.4. The third kappa shape index (κ3) is 3.82. The molecule has 3 aromatic heterocycles. The molecule has 0 amide bonds. The number of halogens is 1. The number of nitrogens with zero attached hydrogens (tertiary/aromatic N) is 3. The maximum atomic E-state index is 13.2. The summed E-state index contributed by atoms with van der Waals surface area (Å²) >= 11 is 8.91. The number of pyridine rings is 1. The highest BCUT2D eigenvalue weighted by atomic mass is 35.5. The fourth-order valence-electron chi connectivity index (χ4n) is 3.24. The van der Waals surface area contributed by atoms with Crippen LogP contribution in [0.3, 0.4) is 0 Å². The highest BCUT2D eigenvalue weighted by Crippen LogP contribution is 2.33. The zero-order valence-corrected chi connectivity index (χ0v) is 19.0. The van der Waals surface area contributed by atoms with E-state index in [0.717, 1.165) is 21.5 Å². The van der Waals surface area contributed by atoms with Crippen LogP contribution in [0.1, 0.15) is 18.2 Å². The van der Waals surface area contributed by atoms with Gasteiger partial charge in [-0.2, -0.15) is 0 Å². The van der Waals surface area contributed by atoms with Crippen molar-refractivity contribution in [2.24, 2.45) is 0 Å². The van der Waals surface area contributed by atoms with E-state index in [1.807, 2.05) is 19.9 Å². The summed E-state index contributed by atoms with van der Waals surface area (Å²) in [4.78, 5) is 35.5. The van der Waals surface area contributed by atoms with Gasteiger partial charge in [-0.3, -0.25) is 14.2 Å². The highest BCUT2D eigenvalue weighted by molar-refractivity contribution is 8.00. The molecule has 0 aliphatic heterocycles. The molecule has 6 nitrogen and oxygen atoms in total. The lowest BCUT2D eigenvalue weighted by molar-refractivity contribution is -0.139. The fraction of sp³-hybridized carbons (Fsp3) is 0.238. The lowest BCUT2D eigenvalue weighted by atomic mass is 10.1. The minimum atomic E-state index is -0.312. The summed E-state index contributed by atoms with van der Waals surface area (Å²) in [6, 6.07) is 7.24. The zero-order chi connectivity index (χ0) is 21.4. The van der Waals surface area contributed by atoms with Gasteiger partial charge in [-0.05, 0) is 50.6 Å². The van der Waals surface area contributed by atoms with E-state index in [9.17, 15) is 9.59 Å². The molecule has 0 radical (unpaired) electrons. The van der Waals surface area contributed by atoms with Crippen molar-refractivity contribution in [2.75, 3.05) is 12.4 Å². The lowest BCUT2D eigenvalue weighted by Crippen LogP contribution is -2.17. The Morgan fingerprint density at radius 1 is 1.30 bits per heavy atom. The second kappa shape index (κ2) is 8.37. The first-order valence-corrected chi connectivity index (χ1v) is 11.4. The number of carbonyl (C=O) groups is 1. The van der Waals surface area contributed by atoms with Gasteiger partial charge in [-0.15, -0.1) is 23.1 Å². The van der Waals surface area contributed by atoms with Crippen molar-refractivity contribution in [2.45, 2.75) is 25.7 Å². The van der Waals surface area contributed by atoms with E-state index < -0.39 is 0 Å². The number of fused-ring (bicyclic) bond motifs is 3. The van der Waals surface area contributed by atoms with Crippen LogP contribution < -0.4 is 5.56 Å². The molecule has 0 aliphatic rings. The Kier molecular flexibility index (Phi) is 5.81. The summed E-state index contributed by atoms with van der Waals surface area (Å²) in [5.41, 5.74) is 3.10. The summed E-state index contributed by atoms with van der Waals surface area (Å²) < 4.78 is 7.01. The zero-order valence-electron chi connectivity index (χ0n) is 16.6. The molecule has 4 aromatic rings. The molecule has 0 atom stereocenters. The molecule has 30 heavy (non-hydrogen) atoms. The standard InChI is InChI=1S/C21H18ClN3O3S2/c1-4-28-16(26)9-29-15-8-13(5-6-14(15)22)25-10-23-18-17-11(2)7-12(3)24-20(17)30-19(18)21(25)27/h5-8,10H,4,9H2,1-3H3. The van der Waals surface area contributed by atoms with E-state index in [-0.39, 0.29) is 17.3 Å². The van der Waals surface area contributed by atoms with Crippen LogP contribution >= 0.6 is 34.7 Å². The minimum Gasteiger partial charge on any atom is -0.465 e. The van der Waals surface area contributed by atoms with Crippen molar-refractivity contribution in [1.29, 1.82) is 0 Å². The number of esters is 1. The smallest absolute Gasteiger partial charge is 0.316 e. The van der Waals surface area contributed by atoms with Crippen LogP contribution in [0.5, 0.6) is 0 Å². The fourth-order valence-corrected chi connectivity index (χ4v) is 5.47.